The van der Waals surface area contributed by atoms with Gasteiger partial charge in [-0.2, -0.15) is 5.10 Å². The molecule has 2 rings (SSSR count). The van der Waals surface area contributed by atoms with Crippen LogP contribution in [0.25, 0.3) is 0 Å². The lowest BCUT2D eigenvalue weighted by molar-refractivity contribution is -0.385. The van der Waals surface area contributed by atoms with Crippen LogP contribution in [0.15, 0.2) is 41.5 Å². The Hall–Kier alpha value is -2.80. The fourth-order valence-corrected chi connectivity index (χ4v) is 2.07. The van der Waals surface area contributed by atoms with E-state index in [-0.39, 0.29) is 21.8 Å². The molecular formula is C15H11ClFN3O3. The third-order valence-corrected chi connectivity index (χ3v) is 3.34. The summed E-state index contributed by atoms with van der Waals surface area (Å²) >= 11 is 5.82. The molecule has 118 valence electrons. The highest BCUT2D eigenvalue weighted by Gasteiger charge is 2.13. The standard InChI is InChI=1S/C15H11ClFN3O3/c1-9-7-10(5-6-14(9)20(22)23)15(21)19-18-8-11-12(16)3-2-4-13(11)17/h2-8H,1H3,(H,19,21)/b18-8+. The maximum Gasteiger partial charge on any atom is 0.272 e. The highest BCUT2D eigenvalue weighted by atomic mass is 35.5. The lowest BCUT2D eigenvalue weighted by Crippen LogP contribution is -2.18. The number of halogens is 2. The van der Waals surface area contributed by atoms with E-state index in [1.54, 1.807) is 0 Å². The van der Waals surface area contributed by atoms with Gasteiger partial charge in [-0.15, -0.1) is 0 Å². The number of benzene rings is 2. The number of hydrogen-bond acceptors (Lipinski definition) is 4. The zero-order chi connectivity index (χ0) is 17.0. The lowest BCUT2D eigenvalue weighted by atomic mass is 10.1. The van der Waals surface area contributed by atoms with Crippen molar-refractivity contribution >= 4 is 29.4 Å². The fraction of sp³-hybridized carbons (Fsp3) is 0.0667. The van der Waals surface area contributed by atoms with Gasteiger partial charge in [0, 0.05) is 22.8 Å². The number of carbonyl (C=O) groups excluding carboxylic acids is 1. The predicted octanol–water partition coefficient (Wildman–Crippen LogP) is 3.46. The predicted molar refractivity (Wildman–Crippen MR) is 84.3 cm³/mol. The van der Waals surface area contributed by atoms with Gasteiger partial charge in [-0.25, -0.2) is 9.82 Å². The van der Waals surface area contributed by atoms with Crippen LogP contribution in [0.1, 0.15) is 21.5 Å². The number of amides is 1. The van der Waals surface area contributed by atoms with Crippen LogP contribution in [-0.4, -0.2) is 17.0 Å². The van der Waals surface area contributed by atoms with Gasteiger partial charge in [0.1, 0.15) is 5.82 Å². The van der Waals surface area contributed by atoms with Crippen molar-refractivity contribution in [2.45, 2.75) is 6.92 Å². The van der Waals surface area contributed by atoms with Crippen LogP contribution in [0, 0.1) is 22.9 Å². The molecule has 0 unspecified atom stereocenters. The second-order valence-corrected chi connectivity index (χ2v) is 5.00. The summed E-state index contributed by atoms with van der Waals surface area (Å²) in [6, 6.07) is 8.09. The van der Waals surface area contributed by atoms with Crippen molar-refractivity contribution < 1.29 is 14.1 Å². The molecule has 0 saturated carbocycles. The first kappa shape index (κ1) is 16.6. The number of nitrogens with one attached hydrogen (secondary N) is 1. The van der Waals surface area contributed by atoms with Gasteiger partial charge >= 0.3 is 0 Å². The molecule has 0 aromatic heterocycles. The molecule has 6 nitrogen and oxygen atoms in total. The molecule has 23 heavy (non-hydrogen) atoms. The Kier molecular flexibility index (Phi) is 5.02. The third-order valence-electron chi connectivity index (χ3n) is 3.02. The molecule has 2 aromatic carbocycles. The number of rotatable bonds is 4. The zero-order valence-electron chi connectivity index (χ0n) is 11.9. The average molecular weight is 336 g/mol. The van der Waals surface area contributed by atoms with Gasteiger partial charge in [-0.05, 0) is 31.2 Å². The minimum absolute atomic E-state index is 0.0503. The highest BCUT2D eigenvalue weighted by Crippen LogP contribution is 2.19. The number of nitrogens with zero attached hydrogens (tertiary/aromatic N) is 2. The van der Waals surface area contributed by atoms with Crippen molar-refractivity contribution in [3.8, 4) is 0 Å². The van der Waals surface area contributed by atoms with E-state index in [0.29, 0.717) is 5.56 Å². The monoisotopic (exact) mass is 335 g/mol. The molecule has 0 saturated heterocycles. The smallest absolute Gasteiger partial charge is 0.267 e. The van der Waals surface area contributed by atoms with Crippen molar-refractivity contribution in [3.05, 3.63) is 74.0 Å². The summed E-state index contributed by atoms with van der Waals surface area (Å²) in [5.74, 6) is -1.15. The Bertz CT molecular complexity index is 788. The maximum atomic E-state index is 13.5. The molecule has 0 aliphatic heterocycles. The van der Waals surface area contributed by atoms with Crippen LogP contribution in [0.2, 0.25) is 5.02 Å². The molecule has 0 aliphatic carbocycles. The van der Waals surface area contributed by atoms with Crippen LogP contribution in [0.4, 0.5) is 10.1 Å². The second kappa shape index (κ2) is 6.97. The molecule has 8 heteroatoms. The number of hydrogen-bond donors (Lipinski definition) is 1. The Balaban J connectivity index is 2.12. The quantitative estimate of drug-likeness (QED) is 0.527. The van der Waals surface area contributed by atoms with Gasteiger partial charge in [0.05, 0.1) is 16.2 Å². The van der Waals surface area contributed by atoms with Gasteiger partial charge in [-0.1, -0.05) is 17.7 Å². The van der Waals surface area contributed by atoms with Crippen LogP contribution in [-0.2, 0) is 0 Å². The van der Waals surface area contributed by atoms with E-state index in [2.05, 4.69) is 10.5 Å². The van der Waals surface area contributed by atoms with E-state index in [9.17, 15) is 19.3 Å². The first-order valence-electron chi connectivity index (χ1n) is 6.42. The van der Waals surface area contributed by atoms with Crippen molar-refractivity contribution in [2.75, 3.05) is 0 Å². The number of carbonyl (C=O) groups is 1. The van der Waals surface area contributed by atoms with Gasteiger partial charge in [0.15, 0.2) is 0 Å². The van der Waals surface area contributed by atoms with E-state index < -0.39 is 16.6 Å². The molecule has 0 heterocycles. The summed E-state index contributed by atoms with van der Waals surface area (Å²) in [6.07, 6.45) is 1.09. The SMILES string of the molecule is Cc1cc(C(=O)N/N=C/c2c(F)cccc2Cl)ccc1[N+](=O)[O-]. The molecule has 0 spiro atoms. The van der Waals surface area contributed by atoms with Gasteiger partial charge in [0.25, 0.3) is 11.6 Å². The minimum Gasteiger partial charge on any atom is -0.267 e. The molecule has 0 radical (unpaired) electrons. The first-order valence-corrected chi connectivity index (χ1v) is 6.80. The van der Waals surface area contributed by atoms with Gasteiger partial charge < -0.3 is 0 Å². The zero-order valence-corrected chi connectivity index (χ0v) is 12.7. The van der Waals surface area contributed by atoms with Crippen LogP contribution >= 0.6 is 11.6 Å². The average Bonchev–Trinajstić information content (AvgIpc) is 2.49. The molecule has 0 aliphatic rings. The topological polar surface area (TPSA) is 84.6 Å². The summed E-state index contributed by atoms with van der Waals surface area (Å²) in [4.78, 5) is 22.1. The summed E-state index contributed by atoms with van der Waals surface area (Å²) in [5, 5.41) is 14.5. The Labute approximate surface area is 135 Å². The maximum absolute atomic E-state index is 13.5. The summed E-state index contributed by atoms with van der Waals surface area (Å²) < 4.78 is 13.5. The van der Waals surface area contributed by atoms with Gasteiger partial charge in [0.2, 0.25) is 0 Å². The normalized spacial score (nSPS) is 10.7. The van der Waals surface area contributed by atoms with E-state index >= 15 is 0 Å². The molecule has 2 aromatic rings. The third kappa shape index (κ3) is 3.89. The van der Waals surface area contributed by atoms with Crippen LogP contribution < -0.4 is 5.43 Å². The Morgan fingerprint density at radius 2 is 2.13 bits per heavy atom. The van der Waals surface area contributed by atoms with E-state index in [4.69, 9.17) is 11.6 Å². The molecule has 0 fully saturated rings. The first-order chi connectivity index (χ1) is 10.9. The number of hydrazone groups is 1. The van der Waals surface area contributed by atoms with Crippen LogP contribution in [0.5, 0.6) is 0 Å². The minimum atomic E-state index is -0.577. The molecular weight excluding hydrogens is 325 g/mol. The van der Waals surface area contributed by atoms with Crippen molar-refractivity contribution in [1.29, 1.82) is 0 Å². The molecule has 1 amide bonds. The van der Waals surface area contributed by atoms with Crippen molar-refractivity contribution in [2.24, 2.45) is 5.10 Å². The number of nitro benzene ring substituents is 1. The van der Waals surface area contributed by atoms with Crippen molar-refractivity contribution in [1.82, 2.24) is 5.43 Å². The molecule has 0 bridgehead atoms. The largest absolute Gasteiger partial charge is 0.272 e. The summed E-state index contributed by atoms with van der Waals surface area (Å²) in [6.45, 7) is 1.53. The highest BCUT2D eigenvalue weighted by molar-refractivity contribution is 6.33. The lowest BCUT2D eigenvalue weighted by Gasteiger charge is -2.03. The van der Waals surface area contributed by atoms with Crippen molar-refractivity contribution in [3.63, 3.8) is 0 Å². The van der Waals surface area contributed by atoms with Gasteiger partial charge in [-0.3, -0.25) is 14.9 Å². The number of nitro groups is 1. The van der Waals surface area contributed by atoms with E-state index in [1.807, 2.05) is 0 Å². The Morgan fingerprint density at radius 3 is 2.74 bits per heavy atom. The van der Waals surface area contributed by atoms with E-state index in [1.165, 1.54) is 43.3 Å². The van der Waals surface area contributed by atoms with Crippen LogP contribution in [0.3, 0.4) is 0 Å². The number of aryl methyl sites for hydroxylation is 1. The summed E-state index contributed by atoms with van der Waals surface area (Å²) in [7, 11) is 0. The summed E-state index contributed by atoms with van der Waals surface area (Å²) in [5.41, 5.74) is 2.73. The molecule has 1 N–H and O–H groups in total. The molecule has 0 atom stereocenters. The Morgan fingerprint density at radius 1 is 1.39 bits per heavy atom. The fourth-order valence-electron chi connectivity index (χ4n) is 1.86. The second-order valence-electron chi connectivity index (χ2n) is 4.59. The van der Waals surface area contributed by atoms with E-state index in [0.717, 1.165) is 6.21 Å².